The molecule has 1 unspecified atom stereocenters. The Morgan fingerprint density at radius 1 is 1.36 bits per heavy atom. The predicted octanol–water partition coefficient (Wildman–Crippen LogP) is 2.43. The molecule has 6 heteroatoms. The molecule has 22 heavy (non-hydrogen) atoms. The zero-order valence-electron chi connectivity index (χ0n) is 12.7. The fraction of sp³-hybridized carbons (Fsp3) is 0.500. The number of ether oxygens (including phenoxy) is 1. The summed E-state index contributed by atoms with van der Waals surface area (Å²) in [5.41, 5.74) is 0.271. The number of benzene rings is 1. The van der Waals surface area contributed by atoms with Crippen LogP contribution >= 0.6 is 15.9 Å². The zero-order valence-corrected chi connectivity index (χ0v) is 14.3. The summed E-state index contributed by atoms with van der Waals surface area (Å²) >= 11 is 3.39. The third kappa shape index (κ3) is 3.87. The summed E-state index contributed by atoms with van der Waals surface area (Å²) in [5, 5.41) is 8.87. The van der Waals surface area contributed by atoms with E-state index in [1.165, 1.54) is 0 Å². The van der Waals surface area contributed by atoms with Gasteiger partial charge in [0.15, 0.2) is 0 Å². The lowest BCUT2D eigenvalue weighted by Crippen LogP contribution is -2.51. The molecule has 0 spiro atoms. The van der Waals surface area contributed by atoms with Crippen LogP contribution in [0.4, 0.5) is 0 Å². The number of rotatable bonds is 4. The van der Waals surface area contributed by atoms with Crippen molar-refractivity contribution in [1.29, 1.82) is 0 Å². The Bertz CT molecular complexity index is 556. The summed E-state index contributed by atoms with van der Waals surface area (Å²) < 4.78 is 6.39. The number of carboxylic acids is 1. The fourth-order valence-corrected chi connectivity index (χ4v) is 2.87. The molecule has 0 aromatic heterocycles. The first-order valence-corrected chi connectivity index (χ1v) is 7.99. The molecule has 1 atom stereocenters. The number of carbonyl (C=O) groups excluding carboxylic acids is 1. The Balaban J connectivity index is 2.11. The number of carbonyl (C=O) groups is 2. The molecule has 1 heterocycles. The first kappa shape index (κ1) is 17.0. The molecule has 1 fully saturated rings. The van der Waals surface area contributed by atoms with E-state index in [1.807, 2.05) is 38.1 Å². The predicted molar refractivity (Wildman–Crippen MR) is 85.7 cm³/mol. The summed E-state index contributed by atoms with van der Waals surface area (Å²) in [7, 11) is 0. The van der Waals surface area contributed by atoms with Gasteiger partial charge in [0.05, 0.1) is 24.5 Å². The minimum Gasteiger partial charge on any atom is -0.481 e. The molecule has 1 aliphatic rings. The molecule has 120 valence electrons. The van der Waals surface area contributed by atoms with Crippen LogP contribution in [0.1, 0.15) is 25.8 Å². The summed E-state index contributed by atoms with van der Waals surface area (Å²) in [6.45, 7) is 4.97. The van der Waals surface area contributed by atoms with Crippen LogP contribution in [-0.2, 0) is 19.7 Å². The van der Waals surface area contributed by atoms with Crippen molar-refractivity contribution in [3.05, 3.63) is 34.3 Å². The normalized spacial score (nSPS) is 19.0. The molecular formula is C16H20BrNO4. The summed E-state index contributed by atoms with van der Waals surface area (Å²) in [4.78, 5) is 25.4. The van der Waals surface area contributed by atoms with Crippen molar-refractivity contribution in [2.24, 2.45) is 0 Å². The standard InChI is InChI=1S/C16H20BrNO4/c1-16(2,11-3-5-12(17)6-4-11)15(21)18-7-8-22-13(10-18)9-14(19)20/h3-6,13H,7-10H2,1-2H3,(H,19,20). The number of morpholine rings is 1. The third-order valence-electron chi connectivity index (χ3n) is 3.93. The second-order valence-electron chi connectivity index (χ2n) is 5.97. The summed E-state index contributed by atoms with van der Waals surface area (Å²) in [6, 6.07) is 7.68. The molecule has 1 N–H and O–H groups in total. The van der Waals surface area contributed by atoms with Crippen molar-refractivity contribution in [3.63, 3.8) is 0 Å². The number of hydrogen-bond acceptors (Lipinski definition) is 3. The van der Waals surface area contributed by atoms with Crippen molar-refractivity contribution in [2.45, 2.75) is 31.8 Å². The molecule has 1 amide bonds. The minimum absolute atomic E-state index is 0.00601. The van der Waals surface area contributed by atoms with Crippen molar-refractivity contribution < 1.29 is 19.4 Å². The van der Waals surface area contributed by atoms with Crippen LogP contribution in [-0.4, -0.2) is 47.7 Å². The highest BCUT2D eigenvalue weighted by Crippen LogP contribution is 2.28. The van der Waals surface area contributed by atoms with Crippen LogP contribution in [0, 0.1) is 0 Å². The second kappa shape index (κ2) is 6.79. The van der Waals surface area contributed by atoms with E-state index in [0.717, 1.165) is 10.0 Å². The molecule has 5 nitrogen and oxygen atoms in total. The van der Waals surface area contributed by atoms with Crippen LogP contribution in [0.15, 0.2) is 28.7 Å². The van der Waals surface area contributed by atoms with Gasteiger partial charge in [-0.25, -0.2) is 0 Å². The molecule has 0 aliphatic carbocycles. The first-order chi connectivity index (χ1) is 10.3. The third-order valence-corrected chi connectivity index (χ3v) is 4.46. The molecular weight excluding hydrogens is 350 g/mol. The number of nitrogens with zero attached hydrogens (tertiary/aromatic N) is 1. The molecule has 1 aliphatic heterocycles. The largest absolute Gasteiger partial charge is 0.481 e. The fourth-order valence-electron chi connectivity index (χ4n) is 2.61. The Morgan fingerprint density at radius 3 is 2.59 bits per heavy atom. The van der Waals surface area contributed by atoms with Crippen LogP contribution in [0.25, 0.3) is 0 Å². The highest BCUT2D eigenvalue weighted by Gasteiger charge is 2.36. The number of carboxylic acid groups (broad SMARTS) is 1. The van der Waals surface area contributed by atoms with Gasteiger partial charge >= 0.3 is 5.97 Å². The van der Waals surface area contributed by atoms with E-state index in [2.05, 4.69) is 15.9 Å². The lowest BCUT2D eigenvalue weighted by Gasteiger charge is -2.37. The van der Waals surface area contributed by atoms with E-state index in [-0.39, 0.29) is 12.3 Å². The van der Waals surface area contributed by atoms with Gasteiger partial charge < -0.3 is 14.7 Å². The topological polar surface area (TPSA) is 66.8 Å². The molecule has 1 saturated heterocycles. The van der Waals surface area contributed by atoms with Crippen LogP contribution < -0.4 is 0 Å². The Hall–Kier alpha value is -1.40. The summed E-state index contributed by atoms with van der Waals surface area (Å²) in [5.74, 6) is -0.917. The van der Waals surface area contributed by atoms with E-state index < -0.39 is 17.5 Å². The Kier molecular flexibility index (Phi) is 5.24. The zero-order chi connectivity index (χ0) is 16.3. The lowest BCUT2D eigenvalue weighted by molar-refractivity contribution is -0.150. The summed E-state index contributed by atoms with van der Waals surface area (Å²) in [6.07, 6.45) is -0.515. The van der Waals surface area contributed by atoms with Crippen molar-refractivity contribution in [2.75, 3.05) is 19.7 Å². The number of halogens is 1. The van der Waals surface area contributed by atoms with E-state index in [1.54, 1.807) is 4.90 Å². The van der Waals surface area contributed by atoms with E-state index >= 15 is 0 Å². The number of amides is 1. The number of hydrogen-bond donors (Lipinski definition) is 1. The smallest absolute Gasteiger partial charge is 0.306 e. The van der Waals surface area contributed by atoms with Gasteiger partial charge in [0.1, 0.15) is 0 Å². The molecule has 0 radical (unpaired) electrons. The quantitative estimate of drug-likeness (QED) is 0.884. The average Bonchev–Trinajstić information content (AvgIpc) is 2.46. The van der Waals surface area contributed by atoms with Crippen molar-refractivity contribution in [1.82, 2.24) is 4.90 Å². The highest BCUT2D eigenvalue weighted by molar-refractivity contribution is 9.10. The van der Waals surface area contributed by atoms with E-state index in [4.69, 9.17) is 9.84 Å². The monoisotopic (exact) mass is 369 g/mol. The van der Waals surface area contributed by atoms with Crippen molar-refractivity contribution in [3.8, 4) is 0 Å². The highest BCUT2D eigenvalue weighted by atomic mass is 79.9. The Morgan fingerprint density at radius 2 is 2.00 bits per heavy atom. The van der Waals surface area contributed by atoms with Gasteiger partial charge in [-0.05, 0) is 31.5 Å². The molecule has 1 aromatic rings. The number of aliphatic carboxylic acids is 1. The second-order valence-corrected chi connectivity index (χ2v) is 6.89. The van der Waals surface area contributed by atoms with Crippen LogP contribution in [0.3, 0.4) is 0 Å². The van der Waals surface area contributed by atoms with Gasteiger partial charge in [0, 0.05) is 17.6 Å². The Labute approximate surface area is 138 Å². The van der Waals surface area contributed by atoms with Gasteiger partial charge in [-0.15, -0.1) is 0 Å². The molecule has 2 rings (SSSR count). The van der Waals surface area contributed by atoms with Gasteiger partial charge in [-0.3, -0.25) is 9.59 Å². The average molecular weight is 370 g/mol. The van der Waals surface area contributed by atoms with Crippen LogP contribution in [0.2, 0.25) is 0 Å². The van der Waals surface area contributed by atoms with E-state index in [0.29, 0.717) is 19.7 Å². The maximum atomic E-state index is 12.8. The lowest BCUT2D eigenvalue weighted by atomic mass is 9.83. The van der Waals surface area contributed by atoms with Gasteiger partial charge in [0.2, 0.25) is 5.91 Å². The van der Waals surface area contributed by atoms with E-state index in [9.17, 15) is 9.59 Å². The molecule has 0 bridgehead atoms. The maximum Gasteiger partial charge on any atom is 0.306 e. The maximum absolute atomic E-state index is 12.8. The van der Waals surface area contributed by atoms with Crippen molar-refractivity contribution >= 4 is 27.8 Å². The van der Waals surface area contributed by atoms with Crippen LogP contribution in [0.5, 0.6) is 0 Å². The van der Waals surface area contributed by atoms with Gasteiger partial charge in [-0.2, -0.15) is 0 Å². The van der Waals surface area contributed by atoms with Gasteiger partial charge in [0.25, 0.3) is 0 Å². The molecule has 0 saturated carbocycles. The first-order valence-electron chi connectivity index (χ1n) is 7.19. The molecule has 1 aromatic carbocycles. The van der Waals surface area contributed by atoms with Gasteiger partial charge in [-0.1, -0.05) is 28.1 Å². The SMILES string of the molecule is CC(C)(C(=O)N1CCOC(CC(=O)O)C1)c1ccc(Br)cc1. The minimum atomic E-state index is -0.911.